The van der Waals surface area contributed by atoms with Crippen molar-refractivity contribution in [3.63, 3.8) is 0 Å². The molecule has 0 amide bonds. The average molecular weight is 393 g/mol. The van der Waals surface area contributed by atoms with E-state index >= 15 is 0 Å². The predicted molar refractivity (Wildman–Crippen MR) is 113 cm³/mol. The molecule has 8 atom stereocenters. The normalized spacial score (nSPS) is 45.1. The lowest BCUT2D eigenvalue weighted by molar-refractivity contribution is -0.0329. The zero-order valence-corrected chi connectivity index (χ0v) is 18.3. The summed E-state index contributed by atoms with van der Waals surface area (Å²) in [6.07, 6.45) is 11.3. The Morgan fingerprint density at radius 1 is 1.21 bits per heavy atom. The van der Waals surface area contributed by atoms with E-state index in [0.717, 1.165) is 18.9 Å². The van der Waals surface area contributed by atoms with E-state index in [9.17, 15) is 9.50 Å². The van der Waals surface area contributed by atoms with Gasteiger partial charge in [0.05, 0.1) is 17.8 Å². The molecule has 2 saturated heterocycles. The molecule has 4 aliphatic rings. The number of hydrogen-bond donors (Lipinski definition) is 2. The highest BCUT2D eigenvalue weighted by Gasteiger charge is 2.52. The lowest BCUT2D eigenvalue weighted by Gasteiger charge is -2.48. The highest BCUT2D eigenvalue weighted by Crippen LogP contribution is 2.50. The third-order valence-electron chi connectivity index (χ3n) is 8.49. The Hall–Kier alpha value is -0.450. The van der Waals surface area contributed by atoms with Gasteiger partial charge in [0.25, 0.3) is 0 Å². The molecule has 28 heavy (non-hydrogen) atoms. The molecule has 1 saturated carbocycles. The smallest absolute Gasteiger partial charge is 0.106 e. The summed E-state index contributed by atoms with van der Waals surface area (Å²) in [6, 6.07) is 0.747. The van der Waals surface area contributed by atoms with Gasteiger partial charge in [0.1, 0.15) is 6.17 Å². The molecule has 4 rings (SSSR count). The average Bonchev–Trinajstić information content (AvgIpc) is 3.24. The fraction of sp³-hybridized carbons (Fsp3) is 0.917. The summed E-state index contributed by atoms with van der Waals surface area (Å²) in [5, 5.41) is 14.5. The van der Waals surface area contributed by atoms with E-state index in [-0.39, 0.29) is 12.0 Å². The molecule has 2 aliphatic carbocycles. The third kappa shape index (κ3) is 3.70. The summed E-state index contributed by atoms with van der Waals surface area (Å²) < 4.78 is 14.2. The summed E-state index contributed by atoms with van der Waals surface area (Å²) >= 11 is 0. The molecule has 2 aliphatic heterocycles. The van der Waals surface area contributed by atoms with Crippen LogP contribution >= 0.6 is 0 Å². The molecule has 4 heteroatoms. The minimum absolute atomic E-state index is 0.0673. The topological polar surface area (TPSA) is 35.5 Å². The number of halogens is 1. The van der Waals surface area contributed by atoms with Gasteiger partial charge in [0.2, 0.25) is 0 Å². The van der Waals surface area contributed by atoms with Crippen LogP contribution in [-0.2, 0) is 0 Å². The van der Waals surface area contributed by atoms with E-state index in [1.54, 1.807) is 5.57 Å². The first kappa shape index (κ1) is 20.8. The summed E-state index contributed by atoms with van der Waals surface area (Å²) in [7, 11) is 0. The Balaban J connectivity index is 1.63. The van der Waals surface area contributed by atoms with Gasteiger partial charge in [-0.15, -0.1) is 0 Å². The van der Waals surface area contributed by atoms with Crippen molar-refractivity contribution < 1.29 is 9.50 Å². The Morgan fingerprint density at radius 2 is 2.00 bits per heavy atom. The molecule has 0 aromatic rings. The second kappa shape index (κ2) is 8.00. The van der Waals surface area contributed by atoms with Crippen molar-refractivity contribution in [2.45, 2.75) is 109 Å². The predicted octanol–water partition coefficient (Wildman–Crippen LogP) is 4.66. The number of allylic oxidation sites excluding steroid dienone is 2. The summed E-state index contributed by atoms with van der Waals surface area (Å²) in [6.45, 7) is 9.23. The van der Waals surface area contributed by atoms with Crippen LogP contribution in [0.25, 0.3) is 0 Å². The largest absolute Gasteiger partial charge is 0.389 e. The van der Waals surface area contributed by atoms with Crippen LogP contribution in [0.2, 0.25) is 0 Å². The molecule has 2 N–H and O–H groups in total. The molecule has 0 bridgehead atoms. The maximum absolute atomic E-state index is 14.2. The highest BCUT2D eigenvalue weighted by molar-refractivity contribution is 5.18. The van der Waals surface area contributed by atoms with Crippen LogP contribution < -0.4 is 5.32 Å². The van der Waals surface area contributed by atoms with E-state index in [0.29, 0.717) is 30.5 Å². The van der Waals surface area contributed by atoms with Gasteiger partial charge in [-0.05, 0) is 70.1 Å². The fourth-order valence-corrected chi connectivity index (χ4v) is 7.08. The minimum Gasteiger partial charge on any atom is -0.389 e. The van der Waals surface area contributed by atoms with E-state index < -0.39 is 11.8 Å². The van der Waals surface area contributed by atoms with Gasteiger partial charge in [-0.2, -0.15) is 0 Å². The maximum Gasteiger partial charge on any atom is 0.106 e. The number of fused-ring (bicyclic) bond motifs is 1. The zero-order chi connectivity index (χ0) is 20.1. The molecule has 0 radical (unpaired) electrons. The molecule has 0 aromatic carbocycles. The van der Waals surface area contributed by atoms with Crippen molar-refractivity contribution in [2.75, 3.05) is 6.54 Å². The highest BCUT2D eigenvalue weighted by atomic mass is 19.1. The van der Waals surface area contributed by atoms with Crippen molar-refractivity contribution >= 4 is 0 Å². The summed E-state index contributed by atoms with van der Waals surface area (Å²) in [4.78, 5) is 2.65. The Morgan fingerprint density at radius 3 is 2.68 bits per heavy atom. The Labute approximate surface area is 171 Å². The number of nitrogens with one attached hydrogen (secondary N) is 1. The van der Waals surface area contributed by atoms with Crippen LogP contribution in [0.1, 0.15) is 79.1 Å². The Bertz CT molecular complexity index is 586. The van der Waals surface area contributed by atoms with Crippen LogP contribution in [0.3, 0.4) is 0 Å². The van der Waals surface area contributed by atoms with Crippen molar-refractivity contribution in [1.29, 1.82) is 0 Å². The van der Waals surface area contributed by atoms with Crippen LogP contribution in [0.4, 0.5) is 4.39 Å². The van der Waals surface area contributed by atoms with Crippen molar-refractivity contribution in [1.82, 2.24) is 10.2 Å². The molecule has 160 valence electrons. The monoisotopic (exact) mass is 392 g/mol. The van der Waals surface area contributed by atoms with Gasteiger partial charge in [0.15, 0.2) is 0 Å². The number of hydrogen-bond acceptors (Lipinski definition) is 3. The quantitative estimate of drug-likeness (QED) is 0.683. The van der Waals surface area contributed by atoms with Gasteiger partial charge < -0.3 is 10.4 Å². The molecule has 2 heterocycles. The van der Waals surface area contributed by atoms with E-state index in [1.807, 2.05) is 13.8 Å². The van der Waals surface area contributed by atoms with Gasteiger partial charge in [-0.1, -0.05) is 38.3 Å². The number of alkyl halides is 1. The molecular formula is C24H41FN2O. The summed E-state index contributed by atoms with van der Waals surface area (Å²) in [5.41, 5.74) is 0.881. The molecule has 0 spiro atoms. The molecule has 3 nitrogen and oxygen atoms in total. The van der Waals surface area contributed by atoms with Gasteiger partial charge in [-0.25, -0.2) is 4.39 Å². The standard InChI is InChI=1S/C24H41FN2O/c1-5-16-7-6-8-18(23(16)17-9-10-19(25)15(2)13-17)20-11-12-22-26-14-21(27(20)22)24(3,4)28/h13,15-16,18-23,26,28H,5-12,14H2,1-4H3. The second-order valence-corrected chi connectivity index (χ2v) is 10.6. The Kier molecular flexibility index (Phi) is 5.94. The zero-order valence-electron chi connectivity index (χ0n) is 18.3. The molecule has 3 fully saturated rings. The third-order valence-corrected chi connectivity index (χ3v) is 8.49. The fourth-order valence-electron chi connectivity index (χ4n) is 7.08. The number of rotatable bonds is 4. The lowest BCUT2D eigenvalue weighted by atomic mass is 9.63. The molecule has 0 aromatic heterocycles. The minimum atomic E-state index is -0.682. The van der Waals surface area contributed by atoms with E-state index in [4.69, 9.17) is 0 Å². The SMILES string of the molecule is CCC1CCCC(C2CCC3NCC(C(C)(C)O)N32)C1C1=CC(C)C(F)CC1. The number of nitrogens with zero attached hydrogens (tertiary/aromatic N) is 1. The summed E-state index contributed by atoms with van der Waals surface area (Å²) in [5.74, 6) is 2.07. The van der Waals surface area contributed by atoms with E-state index in [1.165, 1.54) is 38.5 Å². The molecular weight excluding hydrogens is 351 g/mol. The first-order valence-corrected chi connectivity index (χ1v) is 11.9. The van der Waals surface area contributed by atoms with Crippen molar-refractivity contribution in [3.05, 3.63) is 11.6 Å². The van der Waals surface area contributed by atoms with Gasteiger partial charge in [-0.3, -0.25) is 4.90 Å². The van der Waals surface area contributed by atoms with Crippen LogP contribution in [0, 0.1) is 23.7 Å². The van der Waals surface area contributed by atoms with Crippen molar-refractivity contribution in [3.8, 4) is 0 Å². The first-order chi connectivity index (χ1) is 13.3. The van der Waals surface area contributed by atoms with Crippen LogP contribution in [0.5, 0.6) is 0 Å². The van der Waals surface area contributed by atoms with Gasteiger partial charge in [0, 0.05) is 18.5 Å². The lowest BCUT2D eigenvalue weighted by Crippen LogP contribution is -2.54. The number of aliphatic hydroxyl groups is 1. The second-order valence-electron chi connectivity index (χ2n) is 10.6. The van der Waals surface area contributed by atoms with Crippen LogP contribution in [0.15, 0.2) is 11.6 Å². The maximum atomic E-state index is 14.2. The first-order valence-electron chi connectivity index (χ1n) is 11.9. The molecule has 8 unspecified atom stereocenters. The van der Waals surface area contributed by atoms with Crippen LogP contribution in [-0.4, -0.2) is 46.6 Å². The van der Waals surface area contributed by atoms with Gasteiger partial charge >= 0.3 is 0 Å². The van der Waals surface area contributed by atoms with E-state index in [2.05, 4.69) is 30.1 Å². The van der Waals surface area contributed by atoms with Crippen molar-refractivity contribution in [2.24, 2.45) is 23.7 Å².